The number of hydrogen-bond donors (Lipinski definition) is 1. The van der Waals surface area contributed by atoms with Crippen LogP contribution in [0.15, 0.2) is 48.5 Å². The summed E-state index contributed by atoms with van der Waals surface area (Å²) >= 11 is 0. The molecule has 2 aliphatic rings. The highest BCUT2D eigenvalue weighted by Crippen LogP contribution is 2.24. The van der Waals surface area contributed by atoms with Crippen molar-refractivity contribution in [2.24, 2.45) is 0 Å². The second kappa shape index (κ2) is 9.11. The number of carbonyl (C=O) groups excluding carboxylic acids is 1. The van der Waals surface area contributed by atoms with Gasteiger partial charge in [0.05, 0.1) is 11.7 Å². The van der Waals surface area contributed by atoms with Crippen molar-refractivity contribution in [1.82, 2.24) is 0 Å². The Hall–Kier alpha value is -2.53. The minimum atomic E-state index is -0.159. The van der Waals surface area contributed by atoms with Crippen molar-refractivity contribution in [3.8, 4) is 5.75 Å². The summed E-state index contributed by atoms with van der Waals surface area (Å²) < 4.78 is 11.5. The van der Waals surface area contributed by atoms with Crippen molar-refractivity contribution in [3.63, 3.8) is 0 Å². The fourth-order valence-electron chi connectivity index (χ4n) is 3.84. The molecule has 28 heavy (non-hydrogen) atoms. The minimum absolute atomic E-state index is 0.124. The van der Waals surface area contributed by atoms with E-state index >= 15 is 0 Å². The number of rotatable bonds is 6. The van der Waals surface area contributed by atoms with E-state index in [1.807, 2.05) is 30.3 Å². The first kappa shape index (κ1) is 18.8. The predicted molar refractivity (Wildman–Crippen MR) is 111 cm³/mol. The Morgan fingerprint density at radius 2 is 1.82 bits per heavy atom. The average molecular weight is 380 g/mol. The van der Waals surface area contributed by atoms with Crippen LogP contribution >= 0.6 is 0 Å². The lowest BCUT2D eigenvalue weighted by atomic mass is 10.1. The maximum Gasteiger partial charge on any atom is 0.259 e. The summed E-state index contributed by atoms with van der Waals surface area (Å²) in [6.07, 6.45) is 6.03. The first-order chi connectivity index (χ1) is 13.8. The predicted octanol–water partition coefficient (Wildman–Crippen LogP) is 4.49. The van der Waals surface area contributed by atoms with Gasteiger partial charge in [0, 0.05) is 31.1 Å². The molecule has 148 valence electrons. The standard InChI is InChI=1S/C23H28N2O3/c26-23(21-8-2-3-9-22(21)28-17-20-7-6-16-27-20)24-18-10-12-19(13-11-18)25-14-4-1-5-15-25/h2-3,8-13,20H,1,4-7,14-17H2,(H,24,26). The molecule has 0 spiro atoms. The number of amides is 1. The summed E-state index contributed by atoms with van der Waals surface area (Å²) in [5.41, 5.74) is 2.55. The van der Waals surface area contributed by atoms with E-state index in [-0.39, 0.29) is 12.0 Å². The largest absolute Gasteiger partial charge is 0.490 e. The highest BCUT2D eigenvalue weighted by Gasteiger charge is 2.18. The molecule has 5 heteroatoms. The van der Waals surface area contributed by atoms with Crippen LogP contribution in [0.4, 0.5) is 11.4 Å². The lowest BCUT2D eigenvalue weighted by molar-refractivity contribution is 0.0673. The highest BCUT2D eigenvalue weighted by molar-refractivity contribution is 6.06. The average Bonchev–Trinajstić information content (AvgIpc) is 3.27. The van der Waals surface area contributed by atoms with Crippen LogP contribution < -0.4 is 15.0 Å². The molecular formula is C23H28N2O3. The molecule has 0 aromatic heterocycles. The van der Waals surface area contributed by atoms with Gasteiger partial charge < -0.3 is 19.7 Å². The molecule has 1 N–H and O–H groups in total. The number of anilines is 2. The Labute approximate surface area is 166 Å². The van der Waals surface area contributed by atoms with Crippen LogP contribution in [-0.4, -0.2) is 38.3 Å². The number of ether oxygens (including phenoxy) is 2. The van der Waals surface area contributed by atoms with Crippen molar-refractivity contribution >= 4 is 17.3 Å². The van der Waals surface area contributed by atoms with Crippen LogP contribution in [0.25, 0.3) is 0 Å². The number of carbonyl (C=O) groups is 1. The fourth-order valence-corrected chi connectivity index (χ4v) is 3.84. The molecule has 2 aliphatic heterocycles. The van der Waals surface area contributed by atoms with Crippen LogP contribution in [0.5, 0.6) is 5.75 Å². The van der Waals surface area contributed by atoms with Gasteiger partial charge in [0.25, 0.3) is 5.91 Å². The molecule has 2 fully saturated rings. The summed E-state index contributed by atoms with van der Waals surface area (Å²) in [6.45, 7) is 3.50. The second-order valence-corrected chi connectivity index (χ2v) is 7.49. The lowest BCUT2D eigenvalue weighted by Crippen LogP contribution is -2.29. The lowest BCUT2D eigenvalue weighted by Gasteiger charge is -2.28. The van der Waals surface area contributed by atoms with E-state index in [2.05, 4.69) is 22.3 Å². The van der Waals surface area contributed by atoms with E-state index in [1.54, 1.807) is 6.07 Å². The molecule has 0 radical (unpaired) electrons. The van der Waals surface area contributed by atoms with Gasteiger partial charge in [-0.3, -0.25) is 4.79 Å². The summed E-state index contributed by atoms with van der Waals surface area (Å²) in [7, 11) is 0. The summed E-state index contributed by atoms with van der Waals surface area (Å²) in [5, 5.41) is 2.99. The SMILES string of the molecule is O=C(Nc1ccc(N2CCCCC2)cc1)c1ccccc1OCC1CCCO1. The van der Waals surface area contributed by atoms with Gasteiger partial charge in [-0.05, 0) is 68.5 Å². The molecular weight excluding hydrogens is 352 g/mol. The van der Waals surface area contributed by atoms with Gasteiger partial charge in [-0.15, -0.1) is 0 Å². The third-order valence-electron chi connectivity index (χ3n) is 5.43. The van der Waals surface area contributed by atoms with Crippen LogP contribution in [0.2, 0.25) is 0 Å². The Kier molecular flexibility index (Phi) is 6.12. The number of nitrogens with one attached hydrogen (secondary N) is 1. The van der Waals surface area contributed by atoms with Crippen LogP contribution in [0, 0.1) is 0 Å². The third-order valence-corrected chi connectivity index (χ3v) is 5.43. The van der Waals surface area contributed by atoms with Gasteiger partial charge in [0.1, 0.15) is 12.4 Å². The molecule has 2 heterocycles. The summed E-state index contributed by atoms with van der Waals surface area (Å²) in [5.74, 6) is 0.439. The number of hydrogen-bond acceptors (Lipinski definition) is 4. The van der Waals surface area contributed by atoms with Crippen LogP contribution in [0.3, 0.4) is 0 Å². The van der Waals surface area contributed by atoms with Crippen molar-refractivity contribution in [1.29, 1.82) is 0 Å². The smallest absolute Gasteiger partial charge is 0.259 e. The van der Waals surface area contributed by atoms with Crippen LogP contribution in [-0.2, 0) is 4.74 Å². The molecule has 0 saturated carbocycles. The number of para-hydroxylation sites is 1. The van der Waals surface area contributed by atoms with Crippen molar-refractivity contribution in [3.05, 3.63) is 54.1 Å². The van der Waals surface area contributed by atoms with E-state index in [9.17, 15) is 4.79 Å². The molecule has 2 aromatic rings. The molecule has 2 saturated heterocycles. The first-order valence-electron chi connectivity index (χ1n) is 10.3. The summed E-state index contributed by atoms with van der Waals surface area (Å²) in [4.78, 5) is 15.2. The van der Waals surface area contributed by atoms with E-state index in [0.29, 0.717) is 17.9 Å². The molecule has 1 unspecified atom stereocenters. The van der Waals surface area contributed by atoms with Crippen molar-refractivity contribution < 1.29 is 14.3 Å². The van der Waals surface area contributed by atoms with Crippen molar-refractivity contribution in [2.45, 2.75) is 38.2 Å². The molecule has 0 bridgehead atoms. The monoisotopic (exact) mass is 380 g/mol. The van der Waals surface area contributed by atoms with Gasteiger partial charge in [-0.2, -0.15) is 0 Å². The Morgan fingerprint density at radius 3 is 2.57 bits per heavy atom. The maximum atomic E-state index is 12.8. The molecule has 2 aromatic carbocycles. The zero-order valence-corrected chi connectivity index (χ0v) is 16.2. The number of nitrogens with zero attached hydrogens (tertiary/aromatic N) is 1. The van der Waals surface area contributed by atoms with Gasteiger partial charge in [-0.25, -0.2) is 0 Å². The number of benzene rings is 2. The van der Waals surface area contributed by atoms with Crippen molar-refractivity contribution in [2.75, 3.05) is 36.5 Å². The Balaban J connectivity index is 1.39. The first-order valence-corrected chi connectivity index (χ1v) is 10.3. The normalized spacial score (nSPS) is 19.4. The molecule has 4 rings (SSSR count). The maximum absolute atomic E-state index is 12.8. The second-order valence-electron chi connectivity index (χ2n) is 7.49. The van der Waals surface area contributed by atoms with E-state index in [4.69, 9.17) is 9.47 Å². The fraction of sp³-hybridized carbons (Fsp3) is 0.435. The van der Waals surface area contributed by atoms with E-state index in [0.717, 1.165) is 38.2 Å². The van der Waals surface area contributed by atoms with Crippen LogP contribution in [0.1, 0.15) is 42.5 Å². The zero-order valence-electron chi connectivity index (χ0n) is 16.2. The topological polar surface area (TPSA) is 50.8 Å². The van der Waals surface area contributed by atoms with Gasteiger partial charge >= 0.3 is 0 Å². The van der Waals surface area contributed by atoms with E-state index in [1.165, 1.54) is 24.9 Å². The zero-order chi connectivity index (χ0) is 19.2. The van der Waals surface area contributed by atoms with Gasteiger partial charge in [-0.1, -0.05) is 12.1 Å². The molecule has 0 aliphatic carbocycles. The molecule has 1 atom stereocenters. The molecule has 5 nitrogen and oxygen atoms in total. The Morgan fingerprint density at radius 1 is 1.04 bits per heavy atom. The number of piperidine rings is 1. The van der Waals surface area contributed by atoms with E-state index < -0.39 is 0 Å². The Bertz CT molecular complexity index is 779. The third kappa shape index (κ3) is 4.65. The quantitative estimate of drug-likeness (QED) is 0.802. The van der Waals surface area contributed by atoms with Gasteiger partial charge in [0.15, 0.2) is 0 Å². The highest BCUT2D eigenvalue weighted by atomic mass is 16.5. The summed E-state index contributed by atoms with van der Waals surface area (Å²) in [6, 6.07) is 15.5. The minimum Gasteiger partial charge on any atom is -0.490 e. The molecule has 1 amide bonds. The van der Waals surface area contributed by atoms with Gasteiger partial charge in [0.2, 0.25) is 0 Å².